The first-order valence-corrected chi connectivity index (χ1v) is 16.0. The molecule has 0 unspecified atom stereocenters. The van der Waals surface area contributed by atoms with Gasteiger partial charge in [-0.1, -0.05) is 48.6 Å². The molecule has 4 aromatic rings. The van der Waals surface area contributed by atoms with E-state index in [-0.39, 0.29) is 34.2 Å². The molecule has 1 amide bonds. The largest absolute Gasteiger partial charge is 0.379 e. The van der Waals surface area contributed by atoms with Crippen LogP contribution in [0.15, 0.2) is 71.6 Å². The zero-order chi connectivity index (χ0) is 29.7. The first-order chi connectivity index (χ1) is 20.3. The van der Waals surface area contributed by atoms with E-state index in [1.54, 1.807) is 6.92 Å². The Labute approximate surface area is 248 Å². The quantitative estimate of drug-likeness (QED) is 0.232. The van der Waals surface area contributed by atoms with Crippen LogP contribution >= 0.6 is 11.3 Å². The Morgan fingerprint density at radius 3 is 2.45 bits per heavy atom. The molecule has 8 nitrogen and oxygen atoms in total. The van der Waals surface area contributed by atoms with Crippen molar-refractivity contribution in [3.8, 4) is 0 Å². The van der Waals surface area contributed by atoms with Crippen molar-refractivity contribution >= 4 is 42.6 Å². The molecule has 0 radical (unpaired) electrons. The monoisotopic (exact) mass is 614 g/mol. The number of amides is 1. The summed E-state index contributed by atoms with van der Waals surface area (Å²) in [6.07, 6.45) is 0.621. The number of benzene rings is 3. The summed E-state index contributed by atoms with van der Waals surface area (Å²) in [7, 11) is -3.81. The number of carbonyl (C=O) groups is 1. The third-order valence-electron chi connectivity index (χ3n) is 7.13. The van der Waals surface area contributed by atoms with Crippen LogP contribution < -0.4 is 4.90 Å². The van der Waals surface area contributed by atoms with Crippen LogP contribution in [-0.4, -0.2) is 74.5 Å². The summed E-state index contributed by atoms with van der Waals surface area (Å²) in [4.78, 5) is 21.9. The second-order valence-corrected chi connectivity index (χ2v) is 12.9. The maximum atomic E-state index is 14.5. The van der Waals surface area contributed by atoms with E-state index in [0.29, 0.717) is 30.9 Å². The van der Waals surface area contributed by atoms with Gasteiger partial charge in [-0.3, -0.25) is 14.6 Å². The number of rotatable bonds is 11. The minimum absolute atomic E-state index is 0.00175. The molecule has 0 aliphatic carbocycles. The van der Waals surface area contributed by atoms with Crippen molar-refractivity contribution in [2.75, 3.05) is 50.8 Å². The summed E-state index contributed by atoms with van der Waals surface area (Å²) in [6, 6.07) is 17.1. The zero-order valence-electron chi connectivity index (χ0n) is 23.2. The van der Waals surface area contributed by atoms with Gasteiger partial charge in [0.1, 0.15) is 11.3 Å². The van der Waals surface area contributed by atoms with E-state index in [4.69, 9.17) is 4.74 Å². The molecule has 2 heterocycles. The van der Waals surface area contributed by atoms with Gasteiger partial charge in [0, 0.05) is 50.9 Å². The molecular weight excluding hydrogens is 582 g/mol. The number of ether oxygens (including phenoxy) is 1. The average Bonchev–Trinajstić information content (AvgIpc) is 3.43. The van der Waals surface area contributed by atoms with Gasteiger partial charge in [-0.05, 0) is 42.3 Å². The Bertz CT molecular complexity index is 1630. The van der Waals surface area contributed by atoms with E-state index in [0.717, 1.165) is 42.6 Å². The number of sulfonamides is 1. The van der Waals surface area contributed by atoms with Crippen LogP contribution in [0.1, 0.15) is 29.3 Å². The molecule has 3 aromatic carbocycles. The van der Waals surface area contributed by atoms with Crippen molar-refractivity contribution in [3.05, 3.63) is 89.5 Å². The van der Waals surface area contributed by atoms with Crippen molar-refractivity contribution in [2.45, 2.75) is 24.8 Å². The molecule has 1 aromatic heterocycles. The lowest BCUT2D eigenvalue weighted by Crippen LogP contribution is -2.39. The predicted molar refractivity (Wildman–Crippen MR) is 159 cm³/mol. The van der Waals surface area contributed by atoms with E-state index in [1.807, 2.05) is 30.3 Å². The van der Waals surface area contributed by atoms with Crippen molar-refractivity contribution in [1.29, 1.82) is 0 Å². The molecule has 0 saturated carbocycles. The fourth-order valence-corrected chi connectivity index (χ4v) is 7.32. The summed E-state index contributed by atoms with van der Waals surface area (Å²) in [5.41, 5.74) is 1.13. The Balaban J connectivity index is 1.38. The van der Waals surface area contributed by atoms with Crippen LogP contribution in [0.25, 0.3) is 10.2 Å². The molecule has 12 heteroatoms. The van der Waals surface area contributed by atoms with Crippen LogP contribution in [0.3, 0.4) is 0 Å². The SMILES string of the molecule is CCN(Cc1ccccc1)S(=O)(=O)c1ccc(C(=O)N(CCCN2CCOCC2)c2nc3c(F)cc(F)cc3s2)cc1. The van der Waals surface area contributed by atoms with Crippen molar-refractivity contribution in [3.63, 3.8) is 0 Å². The average molecular weight is 615 g/mol. The molecular formula is C30H32F2N4O4S2. The van der Waals surface area contributed by atoms with Gasteiger partial charge < -0.3 is 4.74 Å². The normalized spacial score (nSPS) is 14.5. The highest BCUT2D eigenvalue weighted by molar-refractivity contribution is 7.89. The zero-order valence-corrected chi connectivity index (χ0v) is 24.8. The summed E-state index contributed by atoms with van der Waals surface area (Å²) >= 11 is 1.04. The Morgan fingerprint density at radius 2 is 1.76 bits per heavy atom. The van der Waals surface area contributed by atoms with E-state index in [1.165, 1.54) is 39.5 Å². The smallest absolute Gasteiger partial charge is 0.260 e. The number of halogens is 2. The highest BCUT2D eigenvalue weighted by atomic mass is 32.2. The van der Waals surface area contributed by atoms with Crippen molar-refractivity contribution in [2.24, 2.45) is 0 Å². The van der Waals surface area contributed by atoms with E-state index < -0.39 is 27.6 Å². The molecule has 1 fully saturated rings. The number of nitrogens with zero attached hydrogens (tertiary/aromatic N) is 4. The highest BCUT2D eigenvalue weighted by Crippen LogP contribution is 2.32. The maximum absolute atomic E-state index is 14.5. The first kappa shape index (κ1) is 30.2. The van der Waals surface area contributed by atoms with Crippen LogP contribution in [0.2, 0.25) is 0 Å². The third kappa shape index (κ3) is 6.84. The number of hydrogen-bond donors (Lipinski definition) is 0. The topological polar surface area (TPSA) is 83.1 Å². The molecule has 0 N–H and O–H groups in total. The van der Waals surface area contributed by atoms with Gasteiger partial charge in [0.15, 0.2) is 10.9 Å². The van der Waals surface area contributed by atoms with Gasteiger partial charge in [0.2, 0.25) is 10.0 Å². The number of thiazole rings is 1. The minimum Gasteiger partial charge on any atom is -0.379 e. The molecule has 42 heavy (non-hydrogen) atoms. The number of anilines is 1. The first-order valence-electron chi connectivity index (χ1n) is 13.8. The molecule has 1 saturated heterocycles. The van der Waals surface area contributed by atoms with Crippen molar-refractivity contribution < 1.29 is 26.7 Å². The number of hydrogen-bond acceptors (Lipinski definition) is 7. The van der Waals surface area contributed by atoms with Gasteiger partial charge in [-0.15, -0.1) is 0 Å². The van der Waals surface area contributed by atoms with Crippen molar-refractivity contribution in [1.82, 2.24) is 14.2 Å². The minimum atomic E-state index is -3.81. The number of morpholine rings is 1. The molecule has 1 aliphatic heterocycles. The van der Waals surface area contributed by atoms with Gasteiger partial charge in [-0.25, -0.2) is 22.2 Å². The van der Waals surface area contributed by atoms with E-state index in [2.05, 4.69) is 9.88 Å². The molecule has 0 bridgehead atoms. The Morgan fingerprint density at radius 1 is 1.05 bits per heavy atom. The molecule has 222 valence electrons. The number of aromatic nitrogens is 1. The summed E-state index contributed by atoms with van der Waals surface area (Å²) in [5, 5.41) is 0.248. The third-order valence-corrected chi connectivity index (χ3v) is 10.1. The van der Waals surface area contributed by atoms with Gasteiger partial charge in [0.25, 0.3) is 5.91 Å². The standard InChI is InChI=1S/C30H32F2N4O4S2/c1-2-35(21-22-7-4-3-5-8-22)42(38,39)25-11-9-23(10-12-25)29(37)36(14-6-13-34-15-17-40-18-16-34)30-33-28-26(32)19-24(31)20-27(28)41-30/h3-5,7-12,19-20H,2,6,13-18,21H2,1H3. The Kier molecular flexibility index (Phi) is 9.59. The lowest BCUT2D eigenvalue weighted by Gasteiger charge is -2.27. The summed E-state index contributed by atoms with van der Waals surface area (Å²) in [5.74, 6) is -1.91. The molecule has 5 rings (SSSR count). The molecule has 1 aliphatic rings. The summed E-state index contributed by atoms with van der Waals surface area (Å²) < 4.78 is 62.2. The van der Waals surface area contributed by atoms with Crippen LogP contribution in [0.4, 0.5) is 13.9 Å². The van der Waals surface area contributed by atoms with Crippen LogP contribution in [-0.2, 0) is 21.3 Å². The van der Waals surface area contributed by atoms with Gasteiger partial charge in [-0.2, -0.15) is 4.31 Å². The predicted octanol–water partition coefficient (Wildman–Crippen LogP) is 5.15. The summed E-state index contributed by atoms with van der Waals surface area (Å²) in [6.45, 7) is 6.22. The van der Waals surface area contributed by atoms with Gasteiger partial charge >= 0.3 is 0 Å². The second kappa shape index (κ2) is 13.3. The molecule has 0 atom stereocenters. The fraction of sp³-hybridized carbons (Fsp3) is 0.333. The lowest BCUT2D eigenvalue weighted by molar-refractivity contribution is 0.0376. The number of carbonyl (C=O) groups excluding carboxylic acids is 1. The fourth-order valence-electron chi connectivity index (χ4n) is 4.85. The van der Waals surface area contributed by atoms with Crippen LogP contribution in [0.5, 0.6) is 0 Å². The van der Waals surface area contributed by atoms with Gasteiger partial charge in [0.05, 0.1) is 22.8 Å². The van der Waals surface area contributed by atoms with E-state index >= 15 is 0 Å². The van der Waals surface area contributed by atoms with Crippen LogP contribution in [0, 0.1) is 11.6 Å². The molecule has 0 spiro atoms. The van der Waals surface area contributed by atoms with E-state index in [9.17, 15) is 22.0 Å². The number of fused-ring (bicyclic) bond motifs is 1. The Hall–Kier alpha value is -3.29. The lowest BCUT2D eigenvalue weighted by atomic mass is 10.2. The maximum Gasteiger partial charge on any atom is 0.260 e. The highest BCUT2D eigenvalue weighted by Gasteiger charge is 2.26. The second-order valence-electron chi connectivity index (χ2n) is 9.94.